The summed E-state index contributed by atoms with van der Waals surface area (Å²) in [6.07, 6.45) is 0.716. The highest BCUT2D eigenvalue weighted by atomic mass is 32.2. The van der Waals surface area contributed by atoms with Gasteiger partial charge in [-0.2, -0.15) is 0 Å². The molecule has 2 atom stereocenters. The Kier molecular flexibility index (Phi) is 5.85. The Bertz CT molecular complexity index is 309. The summed E-state index contributed by atoms with van der Waals surface area (Å²) < 4.78 is 26.9. The maximum Gasteiger partial charge on any atom is 0.216 e. The van der Waals surface area contributed by atoms with Gasteiger partial charge in [0.15, 0.2) is 0 Å². The summed E-state index contributed by atoms with van der Waals surface area (Å²) in [6.45, 7) is 10.2. The monoisotopic (exact) mass is 263 g/mol. The molecule has 1 aliphatic heterocycles. The number of nitrogens with zero attached hydrogens (tertiary/aromatic N) is 1. The molecule has 2 unspecified atom stereocenters. The van der Waals surface area contributed by atoms with Crippen LogP contribution in [-0.4, -0.2) is 57.3 Å². The van der Waals surface area contributed by atoms with Crippen molar-refractivity contribution in [3.8, 4) is 0 Å². The highest BCUT2D eigenvalue weighted by Gasteiger charge is 2.29. The zero-order chi connectivity index (χ0) is 12.9. The van der Waals surface area contributed by atoms with Crippen LogP contribution in [0.15, 0.2) is 0 Å². The van der Waals surface area contributed by atoms with Gasteiger partial charge in [0.2, 0.25) is 10.0 Å². The Hall–Kier alpha value is -0.170. The number of hydrogen-bond acceptors (Lipinski definition) is 4. The molecule has 0 aromatic carbocycles. The molecular formula is C11H25N3O2S. The number of nitrogens with one attached hydrogen (secondary N) is 2. The van der Waals surface area contributed by atoms with E-state index in [1.54, 1.807) is 0 Å². The smallest absolute Gasteiger partial charge is 0.216 e. The minimum atomic E-state index is -3.16. The third kappa shape index (κ3) is 4.54. The summed E-state index contributed by atoms with van der Waals surface area (Å²) >= 11 is 0. The van der Waals surface area contributed by atoms with E-state index in [0.29, 0.717) is 13.0 Å². The van der Waals surface area contributed by atoms with Crippen molar-refractivity contribution in [1.29, 1.82) is 0 Å². The predicted molar refractivity (Wildman–Crippen MR) is 70.6 cm³/mol. The molecule has 17 heavy (non-hydrogen) atoms. The largest absolute Gasteiger partial charge is 0.315 e. The molecule has 0 spiro atoms. The first-order valence-electron chi connectivity index (χ1n) is 6.43. The minimum Gasteiger partial charge on any atom is -0.315 e. The standard InChI is InChI=1S/C11H25N3O2S/c1-4-14(5-2)9-10(3)13-17(15,16)11-6-7-12-8-11/h10-13H,4-9H2,1-3H3. The molecule has 0 aliphatic carbocycles. The topological polar surface area (TPSA) is 61.4 Å². The van der Waals surface area contributed by atoms with Crippen LogP contribution in [0.3, 0.4) is 0 Å². The van der Waals surface area contributed by atoms with E-state index in [0.717, 1.165) is 26.2 Å². The number of sulfonamides is 1. The van der Waals surface area contributed by atoms with Crippen LogP contribution in [0.4, 0.5) is 0 Å². The van der Waals surface area contributed by atoms with Crippen molar-refractivity contribution in [2.45, 2.75) is 38.5 Å². The van der Waals surface area contributed by atoms with Crippen molar-refractivity contribution in [2.75, 3.05) is 32.7 Å². The molecule has 0 amide bonds. The van der Waals surface area contributed by atoms with Gasteiger partial charge < -0.3 is 10.2 Å². The zero-order valence-corrected chi connectivity index (χ0v) is 11.9. The second-order valence-electron chi connectivity index (χ2n) is 4.66. The summed E-state index contributed by atoms with van der Waals surface area (Å²) in [5, 5.41) is 2.82. The molecule has 0 saturated carbocycles. The van der Waals surface area contributed by atoms with Crippen LogP contribution in [0.5, 0.6) is 0 Å². The molecule has 1 saturated heterocycles. The predicted octanol–water partition coefficient (Wildman–Crippen LogP) is -0.00200. The average molecular weight is 263 g/mol. The lowest BCUT2D eigenvalue weighted by molar-refractivity contribution is 0.282. The fourth-order valence-electron chi connectivity index (χ4n) is 2.18. The molecule has 1 fully saturated rings. The van der Waals surface area contributed by atoms with Crippen molar-refractivity contribution in [3.05, 3.63) is 0 Å². The summed E-state index contributed by atoms with van der Waals surface area (Å²) in [6, 6.07) is -0.0273. The SMILES string of the molecule is CCN(CC)CC(C)NS(=O)(=O)C1CCNC1. The van der Waals surface area contributed by atoms with Gasteiger partial charge in [-0.15, -0.1) is 0 Å². The van der Waals surface area contributed by atoms with Gasteiger partial charge in [0.1, 0.15) is 0 Å². The fourth-order valence-corrected chi connectivity index (χ4v) is 3.77. The summed E-state index contributed by atoms with van der Waals surface area (Å²) in [7, 11) is -3.16. The Labute approximate surface area is 105 Å². The Balaban J connectivity index is 2.46. The lowest BCUT2D eigenvalue weighted by atomic mass is 10.3. The van der Waals surface area contributed by atoms with E-state index < -0.39 is 10.0 Å². The summed E-state index contributed by atoms with van der Waals surface area (Å²) in [4.78, 5) is 2.22. The Morgan fingerprint density at radius 1 is 1.41 bits per heavy atom. The molecule has 2 N–H and O–H groups in total. The fraction of sp³-hybridized carbons (Fsp3) is 1.00. The molecule has 1 aliphatic rings. The third-order valence-electron chi connectivity index (χ3n) is 3.25. The van der Waals surface area contributed by atoms with E-state index >= 15 is 0 Å². The van der Waals surface area contributed by atoms with Gasteiger partial charge >= 0.3 is 0 Å². The quantitative estimate of drug-likeness (QED) is 0.679. The lowest BCUT2D eigenvalue weighted by Crippen LogP contribution is -2.45. The molecule has 6 heteroatoms. The molecule has 0 radical (unpaired) electrons. The number of likely N-dealkylation sites (N-methyl/N-ethyl adjacent to an activating group) is 1. The molecule has 102 valence electrons. The molecular weight excluding hydrogens is 238 g/mol. The summed E-state index contributed by atoms with van der Waals surface area (Å²) in [5.41, 5.74) is 0. The molecule has 0 aromatic rings. The average Bonchev–Trinajstić information content (AvgIpc) is 2.79. The number of rotatable bonds is 7. The molecule has 1 rings (SSSR count). The van der Waals surface area contributed by atoms with Gasteiger partial charge in [0.25, 0.3) is 0 Å². The van der Waals surface area contributed by atoms with Crippen LogP contribution in [0.25, 0.3) is 0 Å². The van der Waals surface area contributed by atoms with Crippen molar-refractivity contribution in [3.63, 3.8) is 0 Å². The van der Waals surface area contributed by atoms with E-state index in [1.165, 1.54) is 0 Å². The Morgan fingerprint density at radius 2 is 2.06 bits per heavy atom. The first kappa shape index (κ1) is 14.9. The van der Waals surface area contributed by atoms with Gasteiger partial charge in [0, 0.05) is 19.1 Å². The Morgan fingerprint density at radius 3 is 2.53 bits per heavy atom. The van der Waals surface area contributed by atoms with E-state index in [2.05, 4.69) is 28.8 Å². The van der Waals surface area contributed by atoms with Crippen LogP contribution >= 0.6 is 0 Å². The van der Waals surface area contributed by atoms with Gasteiger partial charge in [0.05, 0.1) is 5.25 Å². The normalized spacial score (nSPS) is 23.2. The minimum absolute atomic E-state index is 0.0273. The van der Waals surface area contributed by atoms with Crippen molar-refractivity contribution < 1.29 is 8.42 Å². The van der Waals surface area contributed by atoms with Crippen LogP contribution in [0, 0.1) is 0 Å². The number of hydrogen-bond donors (Lipinski definition) is 2. The van der Waals surface area contributed by atoms with E-state index in [9.17, 15) is 8.42 Å². The van der Waals surface area contributed by atoms with Crippen LogP contribution in [0.2, 0.25) is 0 Å². The highest BCUT2D eigenvalue weighted by Crippen LogP contribution is 2.09. The van der Waals surface area contributed by atoms with Crippen molar-refractivity contribution >= 4 is 10.0 Å². The molecule has 5 nitrogen and oxygen atoms in total. The van der Waals surface area contributed by atoms with E-state index in [1.807, 2.05) is 6.92 Å². The molecule has 0 aromatic heterocycles. The van der Waals surface area contributed by atoms with Gasteiger partial charge in [-0.25, -0.2) is 13.1 Å². The molecule has 1 heterocycles. The van der Waals surface area contributed by atoms with Crippen LogP contribution in [0.1, 0.15) is 27.2 Å². The van der Waals surface area contributed by atoms with Crippen LogP contribution < -0.4 is 10.0 Å². The maximum atomic E-state index is 12.0. The zero-order valence-electron chi connectivity index (χ0n) is 11.1. The lowest BCUT2D eigenvalue weighted by Gasteiger charge is -2.24. The van der Waals surface area contributed by atoms with Crippen LogP contribution in [-0.2, 0) is 10.0 Å². The van der Waals surface area contributed by atoms with Crippen molar-refractivity contribution in [1.82, 2.24) is 14.9 Å². The second kappa shape index (κ2) is 6.68. The highest BCUT2D eigenvalue weighted by molar-refractivity contribution is 7.90. The first-order valence-corrected chi connectivity index (χ1v) is 7.98. The molecule has 0 bridgehead atoms. The van der Waals surface area contributed by atoms with E-state index in [-0.39, 0.29) is 11.3 Å². The van der Waals surface area contributed by atoms with Crippen molar-refractivity contribution in [2.24, 2.45) is 0 Å². The first-order chi connectivity index (χ1) is 7.99. The van der Waals surface area contributed by atoms with Gasteiger partial charge in [-0.1, -0.05) is 13.8 Å². The van der Waals surface area contributed by atoms with Gasteiger partial charge in [-0.3, -0.25) is 0 Å². The summed E-state index contributed by atoms with van der Waals surface area (Å²) in [5.74, 6) is 0. The van der Waals surface area contributed by atoms with Gasteiger partial charge in [-0.05, 0) is 33.0 Å². The van der Waals surface area contributed by atoms with E-state index in [4.69, 9.17) is 0 Å². The second-order valence-corrected chi connectivity index (χ2v) is 6.66. The third-order valence-corrected chi connectivity index (χ3v) is 5.26. The maximum absolute atomic E-state index is 12.0.